The zero-order chi connectivity index (χ0) is 16.7. The lowest BCUT2D eigenvalue weighted by molar-refractivity contribution is 0.0181. The normalized spacial score (nSPS) is 13.4. The quantitative estimate of drug-likeness (QED) is 0.715. The maximum Gasteiger partial charge on any atom is 0.0949 e. The zero-order valence-electron chi connectivity index (χ0n) is 14.4. The first kappa shape index (κ1) is 21.0. The third kappa shape index (κ3) is 5.78. The average Bonchev–Trinajstić information content (AvgIpc) is 2.57. The summed E-state index contributed by atoms with van der Waals surface area (Å²) in [6.45, 7) is 7.15. The molecule has 2 aromatic rings. The number of nitrogens with zero attached hydrogens (tertiary/aromatic N) is 1. The molecule has 24 heavy (non-hydrogen) atoms. The summed E-state index contributed by atoms with van der Waals surface area (Å²) in [6, 6.07) is 17.8. The van der Waals surface area contributed by atoms with E-state index in [-0.39, 0.29) is 12.4 Å². The van der Waals surface area contributed by atoms with Gasteiger partial charge in [-0.3, -0.25) is 0 Å². The molecule has 1 unspecified atom stereocenters. The van der Waals surface area contributed by atoms with Crippen LogP contribution in [-0.2, 0) is 12.0 Å². The highest BCUT2D eigenvalue weighted by atomic mass is 35.5. The molecule has 1 atom stereocenters. The van der Waals surface area contributed by atoms with E-state index in [0.717, 1.165) is 30.8 Å². The molecule has 1 N–H and O–H groups in total. The van der Waals surface area contributed by atoms with Gasteiger partial charge in [-0.1, -0.05) is 67.9 Å². The van der Waals surface area contributed by atoms with Gasteiger partial charge in [0, 0.05) is 18.0 Å². The Bertz CT molecular complexity index is 602. The molecule has 0 spiro atoms. The van der Waals surface area contributed by atoms with Gasteiger partial charge in [0.1, 0.15) is 0 Å². The van der Waals surface area contributed by atoms with E-state index in [2.05, 4.69) is 30.9 Å². The molecular formula is C20H27Cl2NO. The van der Waals surface area contributed by atoms with Gasteiger partial charge in [0.15, 0.2) is 0 Å². The molecule has 2 aromatic carbocycles. The topological polar surface area (TPSA) is 23.5 Å². The number of benzene rings is 2. The summed E-state index contributed by atoms with van der Waals surface area (Å²) in [6.07, 6.45) is 1.28. The van der Waals surface area contributed by atoms with E-state index in [4.69, 9.17) is 11.6 Å². The smallest absolute Gasteiger partial charge is 0.0949 e. The van der Waals surface area contributed by atoms with Crippen molar-refractivity contribution < 1.29 is 5.11 Å². The maximum atomic E-state index is 11.4. The Hall–Kier alpha value is -1.06. The lowest BCUT2D eigenvalue weighted by Crippen LogP contribution is -2.35. The molecule has 0 radical (unpaired) electrons. The van der Waals surface area contributed by atoms with Crippen LogP contribution in [0.4, 0.5) is 0 Å². The van der Waals surface area contributed by atoms with E-state index in [1.165, 1.54) is 0 Å². The molecule has 0 heterocycles. The van der Waals surface area contributed by atoms with Crippen molar-refractivity contribution in [3.05, 3.63) is 70.7 Å². The summed E-state index contributed by atoms with van der Waals surface area (Å²) in [5.74, 6) is 0. The van der Waals surface area contributed by atoms with E-state index in [1.807, 2.05) is 42.5 Å². The first-order chi connectivity index (χ1) is 11.1. The second kappa shape index (κ2) is 10.0. The number of hydrogen-bond donors (Lipinski definition) is 1. The van der Waals surface area contributed by atoms with E-state index in [9.17, 15) is 5.11 Å². The molecule has 2 rings (SSSR count). The molecule has 0 bridgehead atoms. The van der Waals surface area contributed by atoms with Crippen LogP contribution in [0.2, 0.25) is 5.02 Å². The Labute approximate surface area is 156 Å². The Balaban J connectivity index is 0.00000288. The summed E-state index contributed by atoms with van der Waals surface area (Å²) < 4.78 is 0. The first-order valence-electron chi connectivity index (χ1n) is 8.32. The number of rotatable bonds is 8. The molecule has 0 aliphatic carbocycles. The van der Waals surface area contributed by atoms with E-state index < -0.39 is 5.60 Å². The Kier molecular flexibility index (Phi) is 8.79. The molecule has 0 fully saturated rings. The lowest BCUT2D eigenvalue weighted by atomic mass is 9.84. The highest BCUT2D eigenvalue weighted by Gasteiger charge is 2.30. The van der Waals surface area contributed by atoms with Crippen molar-refractivity contribution in [2.24, 2.45) is 0 Å². The Morgan fingerprint density at radius 1 is 1.00 bits per heavy atom. The minimum Gasteiger partial charge on any atom is -0.385 e. The van der Waals surface area contributed by atoms with Crippen molar-refractivity contribution in [2.45, 2.75) is 32.3 Å². The van der Waals surface area contributed by atoms with Crippen LogP contribution < -0.4 is 0 Å². The summed E-state index contributed by atoms with van der Waals surface area (Å²) in [5, 5.41) is 12.1. The van der Waals surface area contributed by atoms with Gasteiger partial charge in [0.05, 0.1) is 5.60 Å². The van der Waals surface area contributed by atoms with Gasteiger partial charge >= 0.3 is 0 Å². The second-order valence-electron chi connectivity index (χ2n) is 5.98. The predicted octanol–water partition coefficient (Wildman–Crippen LogP) is 4.92. The van der Waals surface area contributed by atoms with Gasteiger partial charge in [-0.25, -0.2) is 0 Å². The van der Waals surface area contributed by atoms with Crippen LogP contribution in [0.5, 0.6) is 0 Å². The van der Waals surface area contributed by atoms with E-state index in [0.29, 0.717) is 17.9 Å². The van der Waals surface area contributed by atoms with Crippen LogP contribution in [0.25, 0.3) is 0 Å². The van der Waals surface area contributed by atoms with Crippen molar-refractivity contribution in [1.29, 1.82) is 0 Å². The molecule has 0 amide bonds. The monoisotopic (exact) mass is 367 g/mol. The summed E-state index contributed by atoms with van der Waals surface area (Å²) in [5.41, 5.74) is 1.12. The molecular weight excluding hydrogens is 341 g/mol. The van der Waals surface area contributed by atoms with Gasteiger partial charge in [-0.15, -0.1) is 12.4 Å². The van der Waals surface area contributed by atoms with Crippen molar-refractivity contribution in [2.75, 3.05) is 19.6 Å². The van der Waals surface area contributed by atoms with E-state index in [1.54, 1.807) is 0 Å². The molecule has 0 aromatic heterocycles. The molecule has 2 nitrogen and oxygen atoms in total. The minimum absolute atomic E-state index is 0. The largest absolute Gasteiger partial charge is 0.385 e. The van der Waals surface area contributed by atoms with Crippen LogP contribution in [0.15, 0.2) is 54.6 Å². The van der Waals surface area contributed by atoms with Gasteiger partial charge < -0.3 is 10.0 Å². The Morgan fingerprint density at radius 2 is 1.67 bits per heavy atom. The summed E-state index contributed by atoms with van der Waals surface area (Å²) in [4.78, 5) is 2.33. The van der Waals surface area contributed by atoms with Gasteiger partial charge in [0.2, 0.25) is 0 Å². The van der Waals surface area contributed by atoms with Crippen LogP contribution in [0, 0.1) is 0 Å². The zero-order valence-corrected chi connectivity index (χ0v) is 16.0. The van der Waals surface area contributed by atoms with Crippen LogP contribution in [0.1, 0.15) is 31.4 Å². The van der Waals surface area contributed by atoms with Crippen LogP contribution >= 0.6 is 24.0 Å². The molecule has 0 aliphatic rings. The number of halogens is 2. The molecule has 0 saturated heterocycles. The minimum atomic E-state index is -0.908. The molecule has 132 valence electrons. The van der Waals surface area contributed by atoms with Crippen molar-refractivity contribution in [3.8, 4) is 0 Å². The van der Waals surface area contributed by atoms with Gasteiger partial charge in [-0.05, 0) is 42.8 Å². The van der Waals surface area contributed by atoms with Crippen molar-refractivity contribution >= 4 is 24.0 Å². The summed E-state index contributed by atoms with van der Waals surface area (Å²) >= 11 is 6.15. The highest BCUT2D eigenvalue weighted by Crippen LogP contribution is 2.31. The first-order valence-corrected chi connectivity index (χ1v) is 8.70. The fourth-order valence-electron chi connectivity index (χ4n) is 2.93. The lowest BCUT2D eigenvalue weighted by Gasteiger charge is -2.32. The predicted molar refractivity (Wildman–Crippen MR) is 105 cm³/mol. The standard InChI is InChI=1S/C20H26ClNO.ClH/c1-3-22(4-2)14-13-20(23,16-17-9-6-5-7-10-17)18-11-8-12-19(21)15-18;/h5-12,15,23H,3-4,13-14,16H2,1-2H3;1H. The van der Waals surface area contributed by atoms with Gasteiger partial charge in [0.25, 0.3) is 0 Å². The van der Waals surface area contributed by atoms with Crippen LogP contribution in [-0.4, -0.2) is 29.6 Å². The SMILES string of the molecule is CCN(CC)CCC(O)(Cc1ccccc1)c1cccc(Cl)c1.Cl. The van der Waals surface area contributed by atoms with E-state index >= 15 is 0 Å². The van der Waals surface area contributed by atoms with Crippen molar-refractivity contribution in [3.63, 3.8) is 0 Å². The van der Waals surface area contributed by atoms with Gasteiger partial charge in [-0.2, -0.15) is 0 Å². The molecule has 0 aliphatic heterocycles. The highest BCUT2D eigenvalue weighted by molar-refractivity contribution is 6.30. The summed E-state index contributed by atoms with van der Waals surface area (Å²) in [7, 11) is 0. The van der Waals surface area contributed by atoms with Crippen molar-refractivity contribution in [1.82, 2.24) is 4.90 Å². The molecule has 0 saturated carbocycles. The fourth-order valence-corrected chi connectivity index (χ4v) is 3.12. The number of hydrogen-bond acceptors (Lipinski definition) is 2. The number of aliphatic hydroxyl groups is 1. The third-order valence-corrected chi connectivity index (χ3v) is 4.67. The fraction of sp³-hybridized carbons (Fsp3) is 0.400. The average molecular weight is 368 g/mol. The third-order valence-electron chi connectivity index (χ3n) is 4.44. The maximum absolute atomic E-state index is 11.4. The Morgan fingerprint density at radius 3 is 2.25 bits per heavy atom. The molecule has 4 heteroatoms. The second-order valence-corrected chi connectivity index (χ2v) is 6.42. The van der Waals surface area contributed by atoms with Crippen LogP contribution in [0.3, 0.4) is 0 Å².